The van der Waals surface area contributed by atoms with Crippen LogP contribution in [0.4, 0.5) is 0 Å². The lowest BCUT2D eigenvalue weighted by Crippen LogP contribution is -2.02. The first-order chi connectivity index (χ1) is 8.41. The highest BCUT2D eigenvalue weighted by Crippen LogP contribution is 2.30. The molecule has 0 saturated carbocycles. The zero-order valence-corrected chi connectivity index (χ0v) is 12.0. The van der Waals surface area contributed by atoms with Crippen molar-refractivity contribution in [1.29, 1.82) is 0 Å². The van der Waals surface area contributed by atoms with Crippen molar-refractivity contribution < 1.29 is 8.42 Å². The third kappa shape index (κ3) is 2.64. The Hall–Kier alpha value is -0.740. The maximum Gasteiger partial charge on any atom is 0.208 e. The molecule has 2 aromatic rings. The number of sulfone groups is 1. The van der Waals surface area contributed by atoms with Crippen molar-refractivity contribution in [3.63, 3.8) is 0 Å². The van der Waals surface area contributed by atoms with Crippen molar-refractivity contribution in [3.05, 3.63) is 57.5 Å². The van der Waals surface area contributed by atoms with Crippen LogP contribution in [0, 0.1) is 0 Å². The number of rotatable bonds is 2. The summed E-state index contributed by atoms with van der Waals surface area (Å²) in [6, 6.07) is 10.2. The van der Waals surface area contributed by atoms with Crippen LogP contribution >= 0.6 is 34.8 Å². The Morgan fingerprint density at radius 1 is 0.778 bits per heavy atom. The molecule has 0 atom stereocenters. The summed E-state index contributed by atoms with van der Waals surface area (Å²) in [5.41, 5.74) is 0. The van der Waals surface area contributed by atoms with Crippen LogP contribution in [0.15, 0.2) is 52.3 Å². The molecular weight excluding hydrogens is 315 g/mol. The van der Waals surface area contributed by atoms with Crippen LogP contribution in [-0.2, 0) is 9.84 Å². The molecular formula is C12H7Cl3O2S. The van der Waals surface area contributed by atoms with Gasteiger partial charge in [0.25, 0.3) is 0 Å². The van der Waals surface area contributed by atoms with Crippen molar-refractivity contribution in [2.75, 3.05) is 0 Å². The maximum absolute atomic E-state index is 12.3. The van der Waals surface area contributed by atoms with Crippen molar-refractivity contribution in [2.45, 2.75) is 9.79 Å². The average molecular weight is 322 g/mol. The molecule has 0 saturated heterocycles. The molecule has 18 heavy (non-hydrogen) atoms. The van der Waals surface area contributed by atoms with Gasteiger partial charge in [-0.2, -0.15) is 0 Å². The lowest BCUT2D eigenvalue weighted by Gasteiger charge is -2.07. The smallest absolute Gasteiger partial charge is 0.208 e. The van der Waals surface area contributed by atoms with Gasteiger partial charge in [-0.3, -0.25) is 0 Å². The van der Waals surface area contributed by atoms with Crippen LogP contribution in [0.5, 0.6) is 0 Å². The molecule has 0 aliphatic rings. The minimum atomic E-state index is -3.65. The second kappa shape index (κ2) is 5.10. The largest absolute Gasteiger partial charge is 0.218 e. The van der Waals surface area contributed by atoms with E-state index in [1.54, 1.807) is 0 Å². The highest BCUT2D eigenvalue weighted by atomic mass is 35.5. The van der Waals surface area contributed by atoms with Crippen LogP contribution in [0.25, 0.3) is 0 Å². The second-order valence-corrected chi connectivity index (χ2v) is 6.73. The molecule has 2 nitrogen and oxygen atoms in total. The van der Waals surface area contributed by atoms with Crippen LogP contribution in [-0.4, -0.2) is 8.42 Å². The summed E-state index contributed by atoms with van der Waals surface area (Å²) in [6.45, 7) is 0. The summed E-state index contributed by atoms with van der Waals surface area (Å²) < 4.78 is 24.6. The minimum Gasteiger partial charge on any atom is -0.218 e. The monoisotopic (exact) mass is 320 g/mol. The van der Waals surface area contributed by atoms with E-state index in [1.165, 1.54) is 42.5 Å². The van der Waals surface area contributed by atoms with Gasteiger partial charge in [0.05, 0.1) is 14.8 Å². The quantitative estimate of drug-likeness (QED) is 0.817. The van der Waals surface area contributed by atoms with E-state index in [4.69, 9.17) is 34.8 Å². The number of hydrogen-bond donors (Lipinski definition) is 0. The molecule has 2 rings (SSSR count). The summed E-state index contributed by atoms with van der Waals surface area (Å²) in [4.78, 5) is 0.159. The van der Waals surface area contributed by atoms with Gasteiger partial charge in [0.15, 0.2) is 0 Å². The molecule has 94 valence electrons. The molecule has 0 aliphatic heterocycles. The molecule has 0 bridgehead atoms. The Labute approximate surface area is 120 Å². The Morgan fingerprint density at radius 2 is 1.33 bits per heavy atom. The summed E-state index contributed by atoms with van der Waals surface area (Å²) in [6.07, 6.45) is 0. The average Bonchev–Trinajstić information content (AvgIpc) is 2.29. The summed E-state index contributed by atoms with van der Waals surface area (Å²) in [5.74, 6) is 0. The van der Waals surface area contributed by atoms with E-state index >= 15 is 0 Å². The van der Waals surface area contributed by atoms with E-state index in [0.29, 0.717) is 10.0 Å². The lowest BCUT2D eigenvalue weighted by atomic mass is 10.4. The third-order valence-electron chi connectivity index (χ3n) is 2.31. The van der Waals surface area contributed by atoms with Crippen LogP contribution in [0.2, 0.25) is 15.1 Å². The van der Waals surface area contributed by atoms with Gasteiger partial charge >= 0.3 is 0 Å². The molecule has 0 heterocycles. The van der Waals surface area contributed by atoms with Gasteiger partial charge in [-0.15, -0.1) is 0 Å². The van der Waals surface area contributed by atoms with Crippen molar-refractivity contribution in [1.82, 2.24) is 0 Å². The van der Waals surface area contributed by atoms with Gasteiger partial charge in [0, 0.05) is 10.0 Å². The maximum atomic E-state index is 12.3. The first-order valence-corrected chi connectivity index (χ1v) is 7.48. The molecule has 0 spiro atoms. The molecule has 6 heteroatoms. The molecule has 0 N–H and O–H groups in total. The summed E-state index contributed by atoms with van der Waals surface area (Å²) in [7, 11) is -3.65. The van der Waals surface area contributed by atoms with E-state index in [-0.39, 0.29) is 14.8 Å². The molecule has 0 aliphatic carbocycles. The van der Waals surface area contributed by atoms with E-state index in [2.05, 4.69) is 0 Å². The first-order valence-electron chi connectivity index (χ1n) is 4.87. The van der Waals surface area contributed by atoms with Gasteiger partial charge in [-0.1, -0.05) is 34.8 Å². The fourth-order valence-corrected chi connectivity index (χ4v) is 3.58. The van der Waals surface area contributed by atoms with Crippen molar-refractivity contribution in [2.24, 2.45) is 0 Å². The van der Waals surface area contributed by atoms with E-state index in [1.807, 2.05) is 0 Å². The topological polar surface area (TPSA) is 34.1 Å². The number of benzene rings is 2. The van der Waals surface area contributed by atoms with Crippen LogP contribution in [0.1, 0.15) is 0 Å². The predicted octanol–water partition coefficient (Wildman–Crippen LogP) is 4.48. The number of hydrogen-bond acceptors (Lipinski definition) is 2. The Kier molecular flexibility index (Phi) is 3.87. The summed E-state index contributed by atoms with van der Waals surface area (Å²) >= 11 is 17.4. The Morgan fingerprint density at radius 3 is 1.89 bits per heavy atom. The predicted molar refractivity (Wildman–Crippen MR) is 73.4 cm³/mol. The van der Waals surface area contributed by atoms with E-state index < -0.39 is 9.84 Å². The Bertz CT molecular complexity index is 679. The van der Waals surface area contributed by atoms with Crippen LogP contribution in [0.3, 0.4) is 0 Å². The minimum absolute atomic E-state index is 0.0240. The van der Waals surface area contributed by atoms with Crippen molar-refractivity contribution in [3.8, 4) is 0 Å². The molecule has 0 amide bonds. The highest BCUT2D eigenvalue weighted by molar-refractivity contribution is 7.91. The zero-order valence-electron chi connectivity index (χ0n) is 8.90. The third-order valence-corrected chi connectivity index (χ3v) is 5.05. The van der Waals surface area contributed by atoms with Gasteiger partial charge in [-0.25, -0.2) is 8.42 Å². The van der Waals surface area contributed by atoms with E-state index in [9.17, 15) is 8.42 Å². The second-order valence-electron chi connectivity index (χ2n) is 3.53. The lowest BCUT2D eigenvalue weighted by molar-refractivity contribution is 0.596. The standard InChI is InChI=1S/C12H7Cl3O2S/c13-8-1-4-10(5-2-8)18(16,17)12-6-3-9(14)7-11(12)15/h1-7H. The van der Waals surface area contributed by atoms with Crippen LogP contribution < -0.4 is 0 Å². The molecule has 2 aromatic carbocycles. The molecule has 0 unspecified atom stereocenters. The van der Waals surface area contributed by atoms with E-state index in [0.717, 1.165) is 0 Å². The fraction of sp³-hybridized carbons (Fsp3) is 0. The van der Waals surface area contributed by atoms with Gasteiger partial charge in [0.1, 0.15) is 0 Å². The SMILES string of the molecule is O=S(=O)(c1ccc(Cl)cc1)c1ccc(Cl)cc1Cl. The van der Waals surface area contributed by atoms with Gasteiger partial charge in [0.2, 0.25) is 9.84 Å². The zero-order chi connectivity index (χ0) is 13.3. The normalized spacial score (nSPS) is 11.5. The first kappa shape index (κ1) is 13.7. The molecule has 0 aromatic heterocycles. The Balaban J connectivity index is 2.58. The van der Waals surface area contributed by atoms with Gasteiger partial charge in [-0.05, 0) is 42.5 Å². The molecule has 0 radical (unpaired) electrons. The van der Waals surface area contributed by atoms with Gasteiger partial charge < -0.3 is 0 Å². The highest BCUT2D eigenvalue weighted by Gasteiger charge is 2.20. The summed E-state index contributed by atoms with van der Waals surface area (Å²) in [5, 5.41) is 0.948. The number of halogens is 3. The molecule has 0 fully saturated rings. The fourth-order valence-electron chi connectivity index (χ4n) is 1.43. The van der Waals surface area contributed by atoms with Crippen molar-refractivity contribution >= 4 is 44.6 Å².